The van der Waals surface area contributed by atoms with Gasteiger partial charge in [-0.05, 0) is 32.7 Å². The predicted octanol–water partition coefficient (Wildman–Crippen LogP) is -2.61. The van der Waals surface area contributed by atoms with Crippen molar-refractivity contribution in [3.05, 3.63) is 0 Å². The van der Waals surface area contributed by atoms with Crippen LogP contribution in [0.25, 0.3) is 0 Å². The number of hydrogen-bond donors (Lipinski definition) is 6. The third-order valence-corrected chi connectivity index (χ3v) is 3.01. The summed E-state index contributed by atoms with van der Waals surface area (Å²) in [5, 5.41) is 13.6. The van der Waals surface area contributed by atoms with Gasteiger partial charge in [0.15, 0.2) is 0 Å². The number of hydrogen-bond acceptors (Lipinski definition) is 6. The molecule has 0 aromatic carbocycles. The van der Waals surface area contributed by atoms with Crippen LogP contribution in [0, 0.1) is 0 Å². The number of carboxylic acid groups (broad SMARTS) is 1. The van der Waals surface area contributed by atoms with Gasteiger partial charge in [-0.1, -0.05) is 0 Å². The summed E-state index contributed by atoms with van der Waals surface area (Å²) in [4.78, 5) is 45.7. The Labute approximate surface area is 134 Å². The number of aliphatic carboxylic acids is 1. The Hall–Kier alpha value is -2.20. The summed E-state index contributed by atoms with van der Waals surface area (Å²) >= 11 is 0. The topological polar surface area (TPSA) is 191 Å². The Balaban J connectivity index is 4.89. The largest absolute Gasteiger partial charge is 0.480 e. The highest BCUT2D eigenvalue weighted by molar-refractivity contribution is 5.93. The molecule has 0 aliphatic heterocycles. The molecule has 0 heterocycles. The molecule has 3 amide bonds. The van der Waals surface area contributed by atoms with Gasteiger partial charge in [0.25, 0.3) is 0 Å². The van der Waals surface area contributed by atoms with Crippen LogP contribution in [-0.4, -0.2) is 53.5 Å². The molecule has 0 saturated heterocycles. The van der Waals surface area contributed by atoms with Crippen LogP contribution < -0.4 is 27.8 Å². The van der Waals surface area contributed by atoms with Gasteiger partial charge < -0.3 is 32.9 Å². The van der Waals surface area contributed by atoms with Crippen LogP contribution in [0.15, 0.2) is 0 Å². The Kier molecular flexibility index (Phi) is 9.51. The number of amides is 3. The smallest absolute Gasteiger partial charge is 0.326 e. The molecule has 9 N–H and O–H groups in total. The summed E-state index contributed by atoms with van der Waals surface area (Å²) < 4.78 is 0. The molecule has 0 aromatic heterocycles. The molecule has 0 rings (SSSR count). The van der Waals surface area contributed by atoms with Gasteiger partial charge in [-0.2, -0.15) is 0 Å². The Morgan fingerprint density at radius 1 is 1.04 bits per heavy atom. The first kappa shape index (κ1) is 20.8. The molecule has 23 heavy (non-hydrogen) atoms. The zero-order valence-corrected chi connectivity index (χ0v) is 13.1. The maximum atomic E-state index is 12.2. The second kappa shape index (κ2) is 10.5. The fourth-order valence-electron chi connectivity index (χ4n) is 1.74. The molecular formula is C13H25N5O5. The van der Waals surface area contributed by atoms with Crippen molar-refractivity contribution in [2.75, 3.05) is 6.54 Å². The molecule has 0 fully saturated rings. The van der Waals surface area contributed by atoms with Crippen molar-refractivity contribution in [3.8, 4) is 0 Å². The zero-order chi connectivity index (χ0) is 18.0. The molecule has 0 spiro atoms. The van der Waals surface area contributed by atoms with Crippen molar-refractivity contribution in [1.29, 1.82) is 0 Å². The van der Waals surface area contributed by atoms with Crippen molar-refractivity contribution >= 4 is 23.7 Å². The molecule has 10 heteroatoms. The van der Waals surface area contributed by atoms with E-state index in [0.717, 1.165) is 0 Å². The number of unbranched alkanes of at least 4 members (excludes halogenated alkanes) is 1. The van der Waals surface area contributed by atoms with Crippen molar-refractivity contribution < 1.29 is 24.3 Å². The highest BCUT2D eigenvalue weighted by Crippen LogP contribution is 2.03. The number of rotatable bonds is 11. The molecular weight excluding hydrogens is 306 g/mol. The van der Waals surface area contributed by atoms with Crippen LogP contribution >= 0.6 is 0 Å². The number of nitrogens with one attached hydrogen (secondary N) is 2. The van der Waals surface area contributed by atoms with E-state index in [9.17, 15) is 19.2 Å². The van der Waals surface area contributed by atoms with Gasteiger partial charge in [-0.25, -0.2) is 4.79 Å². The lowest BCUT2D eigenvalue weighted by Crippen LogP contribution is -2.54. The minimum atomic E-state index is -1.45. The minimum absolute atomic E-state index is 0.268. The van der Waals surface area contributed by atoms with Crippen molar-refractivity contribution in [2.45, 2.75) is 50.7 Å². The average Bonchev–Trinajstić information content (AvgIpc) is 2.44. The molecule has 0 aromatic rings. The lowest BCUT2D eigenvalue weighted by molar-refractivity contribution is -0.143. The fraction of sp³-hybridized carbons (Fsp3) is 0.692. The fourth-order valence-corrected chi connectivity index (χ4v) is 1.74. The maximum Gasteiger partial charge on any atom is 0.326 e. The van der Waals surface area contributed by atoms with Gasteiger partial charge >= 0.3 is 5.97 Å². The normalized spacial score (nSPS) is 14.4. The van der Waals surface area contributed by atoms with E-state index in [1.54, 1.807) is 0 Å². The number of nitrogens with two attached hydrogens (primary N) is 3. The molecule has 0 saturated carbocycles. The summed E-state index contributed by atoms with van der Waals surface area (Å²) in [6.07, 6.45) is 0.922. The second-order valence-electron chi connectivity index (χ2n) is 5.20. The van der Waals surface area contributed by atoms with Gasteiger partial charge in [0.2, 0.25) is 17.7 Å². The summed E-state index contributed by atoms with van der Waals surface area (Å²) in [7, 11) is 0. The molecule has 0 bridgehead atoms. The van der Waals surface area contributed by atoms with E-state index in [4.69, 9.17) is 22.3 Å². The van der Waals surface area contributed by atoms with Crippen molar-refractivity contribution in [2.24, 2.45) is 17.2 Å². The minimum Gasteiger partial charge on any atom is -0.480 e. The van der Waals surface area contributed by atoms with Gasteiger partial charge in [0, 0.05) is 0 Å². The molecule has 10 nitrogen and oxygen atoms in total. The van der Waals surface area contributed by atoms with Crippen LogP contribution in [0.3, 0.4) is 0 Å². The number of primary amides is 1. The monoisotopic (exact) mass is 331 g/mol. The molecule has 3 atom stereocenters. The summed E-state index contributed by atoms with van der Waals surface area (Å²) in [6.45, 7) is 1.88. The summed E-state index contributed by atoms with van der Waals surface area (Å²) in [5.74, 6) is -3.52. The van der Waals surface area contributed by atoms with Gasteiger partial charge in [-0.3, -0.25) is 14.4 Å². The van der Waals surface area contributed by atoms with Gasteiger partial charge in [-0.15, -0.1) is 0 Å². The first-order valence-electron chi connectivity index (χ1n) is 7.26. The molecule has 132 valence electrons. The molecule has 0 aliphatic rings. The van der Waals surface area contributed by atoms with E-state index in [1.807, 2.05) is 0 Å². The molecule has 0 aliphatic carbocycles. The summed E-state index contributed by atoms with van der Waals surface area (Å²) in [6, 6.07) is -3.24. The van der Waals surface area contributed by atoms with E-state index in [2.05, 4.69) is 10.6 Å². The van der Waals surface area contributed by atoms with E-state index in [1.165, 1.54) is 6.92 Å². The molecule has 0 radical (unpaired) electrons. The molecule has 0 unspecified atom stereocenters. The predicted molar refractivity (Wildman–Crippen MR) is 81.9 cm³/mol. The van der Waals surface area contributed by atoms with Crippen LogP contribution in [0.5, 0.6) is 0 Å². The third-order valence-electron chi connectivity index (χ3n) is 3.01. The lowest BCUT2D eigenvalue weighted by atomic mass is 10.1. The lowest BCUT2D eigenvalue weighted by Gasteiger charge is -2.21. The van der Waals surface area contributed by atoms with E-state index in [0.29, 0.717) is 19.4 Å². The number of carbonyl (C=O) groups excluding carboxylic acids is 3. The van der Waals surface area contributed by atoms with Gasteiger partial charge in [0.05, 0.1) is 12.5 Å². The number of carboxylic acids is 1. The Bertz CT molecular complexity index is 440. The standard InChI is InChI=1S/C13H25N5O5/c1-7(15)11(20)17-8(4-2-3-5-14)12(21)18-9(13(22)23)6-10(16)19/h7-9H,2-6,14-15H2,1H3,(H2,16,19)(H,17,20)(H,18,21)(H,22,23)/t7-,8-,9-/m0/s1. The van der Waals surface area contributed by atoms with Crippen LogP contribution in [0.1, 0.15) is 32.6 Å². The van der Waals surface area contributed by atoms with Crippen LogP contribution in [-0.2, 0) is 19.2 Å². The second-order valence-corrected chi connectivity index (χ2v) is 5.20. The van der Waals surface area contributed by atoms with Crippen LogP contribution in [0.4, 0.5) is 0 Å². The highest BCUT2D eigenvalue weighted by atomic mass is 16.4. The number of carbonyl (C=O) groups is 4. The van der Waals surface area contributed by atoms with E-state index >= 15 is 0 Å². The van der Waals surface area contributed by atoms with Crippen LogP contribution in [0.2, 0.25) is 0 Å². The Morgan fingerprint density at radius 3 is 2.04 bits per heavy atom. The van der Waals surface area contributed by atoms with E-state index < -0.39 is 48.2 Å². The third kappa shape index (κ3) is 8.73. The highest BCUT2D eigenvalue weighted by Gasteiger charge is 2.27. The van der Waals surface area contributed by atoms with Crippen molar-refractivity contribution in [3.63, 3.8) is 0 Å². The van der Waals surface area contributed by atoms with Gasteiger partial charge in [0.1, 0.15) is 12.1 Å². The SMILES string of the molecule is C[C@H](N)C(=O)N[C@@H](CCCCN)C(=O)N[C@@H](CC(N)=O)C(=O)O. The first-order chi connectivity index (χ1) is 10.7. The van der Waals surface area contributed by atoms with E-state index in [-0.39, 0.29) is 6.42 Å². The first-order valence-corrected chi connectivity index (χ1v) is 7.26. The Morgan fingerprint density at radius 2 is 1.61 bits per heavy atom. The average molecular weight is 331 g/mol. The quantitative estimate of drug-likeness (QED) is 0.223. The summed E-state index contributed by atoms with van der Waals surface area (Å²) in [5.41, 5.74) is 15.8. The zero-order valence-electron chi connectivity index (χ0n) is 13.1. The maximum absolute atomic E-state index is 12.2. The van der Waals surface area contributed by atoms with Crippen molar-refractivity contribution in [1.82, 2.24) is 10.6 Å².